The molecule has 8 heteroatoms. The molecule has 4 rings (SSSR count). The molecule has 3 aromatic heterocycles. The molecule has 1 saturated heterocycles. The minimum absolute atomic E-state index is 0.0273. The van der Waals surface area contributed by atoms with Crippen LogP contribution in [0, 0.1) is 5.41 Å². The molecule has 0 aromatic carbocycles. The van der Waals surface area contributed by atoms with Crippen LogP contribution >= 0.6 is 0 Å². The summed E-state index contributed by atoms with van der Waals surface area (Å²) in [4.78, 5) is 35.4. The predicted molar refractivity (Wildman–Crippen MR) is 103 cm³/mol. The first-order valence-electron chi connectivity index (χ1n) is 9.43. The Labute approximate surface area is 162 Å². The maximum absolute atomic E-state index is 13.3. The minimum Gasteiger partial charge on any atom is -0.463 e. The maximum Gasteiger partial charge on any atom is 0.272 e. The van der Waals surface area contributed by atoms with E-state index in [0.29, 0.717) is 24.5 Å². The summed E-state index contributed by atoms with van der Waals surface area (Å²) >= 11 is 0. The lowest BCUT2D eigenvalue weighted by atomic mass is 9.79. The second-order valence-corrected chi connectivity index (χ2v) is 7.65. The third-order valence-corrected chi connectivity index (χ3v) is 5.65. The van der Waals surface area contributed by atoms with Crippen molar-refractivity contribution in [3.05, 3.63) is 42.2 Å². The van der Waals surface area contributed by atoms with Crippen LogP contribution in [-0.2, 0) is 0 Å². The number of carbonyl (C=O) groups excluding carboxylic acids is 2. The number of furan rings is 1. The van der Waals surface area contributed by atoms with Gasteiger partial charge in [0.25, 0.3) is 11.8 Å². The first-order valence-corrected chi connectivity index (χ1v) is 9.43. The fraction of sp³-hybridized carbons (Fsp3) is 0.400. The normalized spacial score (nSPS) is 19.9. The first-order chi connectivity index (χ1) is 13.4. The van der Waals surface area contributed by atoms with Crippen molar-refractivity contribution in [1.82, 2.24) is 19.3 Å². The number of imidazole rings is 1. The van der Waals surface area contributed by atoms with Crippen LogP contribution in [0.1, 0.15) is 54.1 Å². The van der Waals surface area contributed by atoms with Crippen LogP contribution in [-0.4, -0.2) is 44.2 Å². The number of likely N-dealkylation sites (tertiary alicyclic amines) is 1. The molecule has 1 atom stereocenters. The van der Waals surface area contributed by atoms with Gasteiger partial charge in [0.15, 0.2) is 17.1 Å². The standard InChI is InChI=1S/C20H23N5O3/c1-3-20(2)7-5-8-24(11-20)19(27)13-10-14(15-6-4-9-28-15)25-12-22-16(17(21)26)18(25)23-13/h4,6,9-10,12H,3,5,7-8,11H2,1-2H3,(H2,21,26). The zero-order chi connectivity index (χ0) is 19.9. The van der Waals surface area contributed by atoms with E-state index >= 15 is 0 Å². The summed E-state index contributed by atoms with van der Waals surface area (Å²) in [5.74, 6) is -0.306. The number of piperidine rings is 1. The van der Waals surface area contributed by atoms with Crippen molar-refractivity contribution < 1.29 is 14.0 Å². The smallest absolute Gasteiger partial charge is 0.272 e. The molecule has 2 amide bonds. The third-order valence-electron chi connectivity index (χ3n) is 5.65. The molecule has 0 bridgehead atoms. The molecule has 8 nitrogen and oxygen atoms in total. The minimum atomic E-state index is -0.693. The highest BCUT2D eigenvalue weighted by atomic mass is 16.3. The molecule has 4 heterocycles. The van der Waals surface area contributed by atoms with Crippen molar-refractivity contribution in [2.45, 2.75) is 33.1 Å². The monoisotopic (exact) mass is 381 g/mol. The number of aromatic nitrogens is 3. The number of fused-ring (bicyclic) bond motifs is 1. The number of carbonyl (C=O) groups is 2. The van der Waals surface area contributed by atoms with Gasteiger partial charge in [-0.3, -0.25) is 14.0 Å². The summed E-state index contributed by atoms with van der Waals surface area (Å²) in [6.07, 6.45) is 6.08. The van der Waals surface area contributed by atoms with E-state index < -0.39 is 5.91 Å². The number of hydrogen-bond donors (Lipinski definition) is 1. The molecule has 3 aromatic rings. The van der Waals surface area contributed by atoms with Crippen molar-refractivity contribution >= 4 is 17.5 Å². The molecule has 1 aliphatic heterocycles. The molecule has 0 aliphatic carbocycles. The van der Waals surface area contributed by atoms with Crippen molar-refractivity contribution in [3.63, 3.8) is 0 Å². The second-order valence-electron chi connectivity index (χ2n) is 7.65. The van der Waals surface area contributed by atoms with E-state index in [-0.39, 0.29) is 28.4 Å². The topological polar surface area (TPSA) is 107 Å². The number of primary amides is 1. The summed E-state index contributed by atoms with van der Waals surface area (Å²) in [6, 6.07) is 5.22. The van der Waals surface area contributed by atoms with E-state index in [4.69, 9.17) is 10.2 Å². The quantitative estimate of drug-likeness (QED) is 0.748. The summed E-state index contributed by atoms with van der Waals surface area (Å²) < 4.78 is 7.12. The van der Waals surface area contributed by atoms with E-state index in [2.05, 4.69) is 23.8 Å². The third kappa shape index (κ3) is 3.04. The van der Waals surface area contributed by atoms with Crippen molar-refractivity contribution in [3.8, 4) is 11.5 Å². The molecule has 1 aliphatic rings. The number of amides is 2. The lowest BCUT2D eigenvalue weighted by molar-refractivity contribution is 0.0537. The SMILES string of the molecule is CCC1(C)CCCN(C(=O)c2cc(-c3ccco3)n3cnc(C(N)=O)c3n2)C1. The Morgan fingerprint density at radius 1 is 1.39 bits per heavy atom. The van der Waals surface area contributed by atoms with Gasteiger partial charge in [-0.25, -0.2) is 9.97 Å². The van der Waals surface area contributed by atoms with E-state index in [1.165, 1.54) is 6.33 Å². The number of nitrogens with zero attached hydrogens (tertiary/aromatic N) is 4. The molecular formula is C20H23N5O3. The molecule has 2 N–H and O–H groups in total. The van der Waals surface area contributed by atoms with Crippen molar-refractivity contribution in [2.24, 2.45) is 11.1 Å². The highest BCUT2D eigenvalue weighted by molar-refractivity contribution is 5.99. The highest BCUT2D eigenvalue weighted by Crippen LogP contribution is 2.33. The summed E-state index contributed by atoms with van der Waals surface area (Å²) in [5.41, 5.74) is 6.67. The van der Waals surface area contributed by atoms with Crippen LogP contribution in [0.15, 0.2) is 35.2 Å². The van der Waals surface area contributed by atoms with Crippen molar-refractivity contribution in [2.75, 3.05) is 13.1 Å². The number of nitrogens with two attached hydrogens (primary N) is 1. The van der Waals surface area contributed by atoms with Gasteiger partial charge < -0.3 is 15.1 Å². The van der Waals surface area contributed by atoms with Crippen LogP contribution in [0.5, 0.6) is 0 Å². The molecule has 1 fully saturated rings. The van der Waals surface area contributed by atoms with Gasteiger partial charge in [-0.15, -0.1) is 0 Å². The van der Waals surface area contributed by atoms with E-state index in [1.807, 2.05) is 4.90 Å². The Bertz CT molecular complexity index is 1040. The Kier molecular flexibility index (Phi) is 4.41. The van der Waals surface area contributed by atoms with Gasteiger partial charge >= 0.3 is 0 Å². The molecule has 0 saturated carbocycles. The Morgan fingerprint density at radius 3 is 2.89 bits per heavy atom. The van der Waals surface area contributed by atoms with Gasteiger partial charge in [0.05, 0.1) is 12.0 Å². The average molecular weight is 381 g/mol. The summed E-state index contributed by atoms with van der Waals surface area (Å²) in [7, 11) is 0. The largest absolute Gasteiger partial charge is 0.463 e. The van der Waals surface area contributed by atoms with Crippen LogP contribution in [0.25, 0.3) is 17.1 Å². The molecular weight excluding hydrogens is 358 g/mol. The number of rotatable bonds is 4. The highest BCUT2D eigenvalue weighted by Gasteiger charge is 2.33. The molecule has 0 spiro atoms. The van der Waals surface area contributed by atoms with Gasteiger partial charge in [-0.05, 0) is 42.9 Å². The molecule has 146 valence electrons. The Balaban J connectivity index is 1.81. The number of hydrogen-bond acceptors (Lipinski definition) is 5. The van der Waals surface area contributed by atoms with E-state index in [0.717, 1.165) is 19.3 Å². The fourth-order valence-electron chi connectivity index (χ4n) is 3.81. The second kappa shape index (κ2) is 6.78. The van der Waals surface area contributed by atoms with E-state index in [9.17, 15) is 9.59 Å². The van der Waals surface area contributed by atoms with Crippen LogP contribution in [0.4, 0.5) is 0 Å². The Morgan fingerprint density at radius 2 is 2.21 bits per heavy atom. The molecule has 0 radical (unpaired) electrons. The fourth-order valence-corrected chi connectivity index (χ4v) is 3.81. The van der Waals surface area contributed by atoms with Crippen LogP contribution < -0.4 is 5.73 Å². The first kappa shape index (κ1) is 18.2. The molecule has 28 heavy (non-hydrogen) atoms. The average Bonchev–Trinajstić information content (AvgIpc) is 3.36. The zero-order valence-electron chi connectivity index (χ0n) is 16.0. The lowest BCUT2D eigenvalue weighted by Gasteiger charge is -2.39. The van der Waals surface area contributed by atoms with Gasteiger partial charge in [0.2, 0.25) is 0 Å². The van der Waals surface area contributed by atoms with Gasteiger partial charge in [-0.1, -0.05) is 13.8 Å². The van der Waals surface area contributed by atoms with Gasteiger partial charge in [-0.2, -0.15) is 0 Å². The van der Waals surface area contributed by atoms with Crippen LogP contribution in [0.2, 0.25) is 0 Å². The molecule has 1 unspecified atom stereocenters. The Hall–Kier alpha value is -3.16. The van der Waals surface area contributed by atoms with Gasteiger partial charge in [0.1, 0.15) is 12.0 Å². The van der Waals surface area contributed by atoms with Gasteiger partial charge in [0, 0.05) is 13.1 Å². The van der Waals surface area contributed by atoms with Crippen LogP contribution in [0.3, 0.4) is 0 Å². The lowest BCUT2D eigenvalue weighted by Crippen LogP contribution is -2.44. The van der Waals surface area contributed by atoms with E-state index in [1.54, 1.807) is 28.9 Å². The summed E-state index contributed by atoms with van der Waals surface area (Å²) in [6.45, 7) is 5.74. The maximum atomic E-state index is 13.3. The summed E-state index contributed by atoms with van der Waals surface area (Å²) in [5, 5.41) is 0. The van der Waals surface area contributed by atoms with Crippen molar-refractivity contribution in [1.29, 1.82) is 0 Å². The zero-order valence-corrected chi connectivity index (χ0v) is 16.0. The predicted octanol–water partition coefficient (Wildman–Crippen LogP) is 2.74.